The number of ether oxygens (including phenoxy) is 1. The number of rotatable bonds is 5. The number of hydrogen-bond donors (Lipinski definition) is 1. The summed E-state index contributed by atoms with van der Waals surface area (Å²) in [6.07, 6.45) is 1.43. The summed E-state index contributed by atoms with van der Waals surface area (Å²) in [6, 6.07) is 5.35. The van der Waals surface area contributed by atoms with E-state index in [2.05, 4.69) is 5.10 Å². The van der Waals surface area contributed by atoms with Crippen molar-refractivity contribution in [3.63, 3.8) is 0 Å². The molecule has 0 amide bonds. The Hall–Kier alpha value is -3.03. The second-order valence-corrected chi connectivity index (χ2v) is 6.41. The van der Waals surface area contributed by atoms with Crippen LogP contribution in [-0.2, 0) is 6.54 Å². The van der Waals surface area contributed by atoms with Crippen LogP contribution in [-0.4, -0.2) is 26.5 Å². The molecule has 0 radical (unpaired) electrons. The molecule has 3 rings (SSSR count). The molecule has 0 fully saturated rings. The molecule has 26 heavy (non-hydrogen) atoms. The molecule has 1 heterocycles. The highest BCUT2D eigenvalue weighted by Gasteiger charge is 2.21. The van der Waals surface area contributed by atoms with Crippen molar-refractivity contribution in [2.24, 2.45) is 0 Å². The van der Waals surface area contributed by atoms with Crippen LogP contribution in [0.5, 0.6) is 11.5 Å². The number of aromatic nitrogens is 2. The Morgan fingerprint density at radius 3 is 2.58 bits per heavy atom. The molecule has 0 bridgehead atoms. The molecule has 0 saturated heterocycles. The lowest BCUT2D eigenvalue weighted by Crippen LogP contribution is -2.21. The van der Waals surface area contributed by atoms with Gasteiger partial charge in [0.1, 0.15) is 22.8 Å². The maximum atomic E-state index is 13.9. The van der Waals surface area contributed by atoms with E-state index in [4.69, 9.17) is 4.74 Å². The van der Waals surface area contributed by atoms with Crippen LogP contribution in [0.3, 0.4) is 0 Å². The number of fused-ring (bicyclic) bond motifs is 1. The van der Waals surface area contributed by atoms with E-state index >= 15 is 0 Å². The minimum absolute atomic E-state index is 0.0671. The number of carboxylic acid groups (broad SMARTS) is 1. The predicted octanol–water partition coefficient (Wildman–Crippen LogP) is 4.55. The van der Waals surface area contributed by atoms with E-state index in [0.717, 1.165) is 12.1 Å². The van der Waals surface area contributed by atoms with Crippen molar-refractivity contribution >= 4 is 16.9 Å². The molecule has 0 atom stereocenters. The van der Waals surface area contributed by atoms with E-state index in [1.807, 2.05) is 0 Å². The van der Waals surface area contributed by atoms with Crippen LogP contribution in [0, 0.1) is 11.6 Å². The van der Waals surface area contributed by atoms with E-state index in [1.165, 1.54) is 36.9 Å². The Balaban J connectivity index is 2.08. The van der Waals surface area contributed by atoms with Gasteiger partial charge in [-0.2, -0.15) is 5.10 Å². The molecule has 1 N–H and O–H groups in total. The molecule has 5 nitrogen and oxygen atoms in total. The molecule has 0 unspecified atom stereocenters. The highest BCUT2D eigenvalue weighted by Crippen LogP contribution is 2.32. The molecule has 0 spiro atoms. The Morgan fingerprint density at radius 1 is 1.23 bits per heavy atom. The van der Waals surface area contributed by atoms with Crippen molar-refractivity contribution in [1.82, 2.24) is 9.78 Å². The van der Waals surface area contributed by atoms with Crippen LogP contribution in [0.25, 0.3) is 10.9 Å². The third-order valence-electron chi connectivity index (χ3n) is 3.61. The van der Waals surface area contributed by atoms with Gasteiger partial charge in [-0.05, 0) is 38.1 Å². The summed E-state index contributed by atoms with van der Waals surface area (Å²) in [5.41, 5.74) is -1.39. The van der Waals surface area contributed by atoms with Crippen molar-refractivity contribution < 1.29 is 27.8 Å². The zero-order chi connectivity index (χ0) is 19.1. The fourth-order valence-corrected chi connectivity index (χ4v) is 2.52. The topological polar surface area (TPSA) is 64.4 Å². The Labute approximate surface area is 146 Å². The number of hydrogen-bond acceptors (Lipinski definition) is 3. The first-order valence-electron chi connectivity index (χ1n) is 7.69. The second-order valence-electron chi connectivity index (χ2n) is 6.41. The van der Waals surface area contributed by atoms with E-state index in [1.54, 1.807) is 0 Å². The van der Waals surface area contributed by atoms with Gasteiger partial charge >= 0.3 is 5.97 Å². The summed E-state index contributed by atoms with van der Waals surface area (Å²) in [6.45, 7) is 2.70. The number of carboxylic acids is 1. The normalized spacial score (nSPS) is 11.7. The summed E-state index contributed by atoms with van der Waals surface area (Å²) in [7, 11) is 0. The number of nitrogens with zero attached hydrogens (tertiary/aromatic N) is 2. The van der Waals surface area contributed by atoms with E-state index in [9.17, 15) is 23.1 Å². The van der Waals surface area contributed by atoms with E-state index in [-0.39, 0.29) is 23.6 Å². The molecule has 2 aromatic carbocycles. The van der Waals surface area contributed by atoms with Gasteiger partial charge in [-0.1, -0.05) is 0 Å². The molecule has 136 valence electrons. The summed E-state index contributed by atoms with van der Waals surface area (Å²) in [5, 5.41) is 14.0. The van der Waals surface area contributed by atoms with Crippen molar-refractivity contribution in [2.75, 3.05) is 0 Å². The molecule has 1 aromatic heterocycles. The van der Waals surface area contributed by atoms with Gasteiger partial charge in [0.05, 0.1) is 18.3 Å². The smallest absolute Gasteiger partial charge is 0.339 e. The van der Waals surface area contributed by atoms with Crippen LogP contribution in [0.4, 0.5) is 13.2 Å². The van der Waals surface area contributed by atoms with E-state index < -0.39 is 23.3 Å². The van der Waals surface area contributed by atoms with Gasteiger partial charge < -0.3 is 9.84 Å². The first-order valence-corrected chi connectivity index (χ1v) is 7.69. The first-order chi connectivity index (χ1) is 12.1. The van der Waals surface area contributed by atoms with Gasteiger partial charge in [-0.3, -0.25) is 4.68 Å². The van der Waals surface area contributed by atoms with Crippen LogP contribution in [0.2, 0.25) is 0 Å². The summed E-state index contributed by atoms with van der Waals surface area (Å²) < 4.78 is 47.4. The summed E-state index contributed by atoms with van der Waals surface area (Å²) in [5.74, 6) is -3.49. The molecule has 0 aliphatic heterocycles. The van der Waals surface area contributed by atoms with Crippen molar-refractivity contribution in [3.05, 3.63) is 53.7 Å². The standard InChI is InChI=1S/C18H15F3N2O3/c1-18(2,21)9-23-14-7-12(17(24)25)16(5-10(14)8-22-23)26-15-4-3-11(19)6-13(15)20/h3-8H,9H2,1-2H3,(H,24,25). The second kappa shape index (κ2) is 6.36. The Bertz CT molecular complexity index is 993. The maximum Gasteiger partial charge on any atom is 0.339 e. The molecule has 0 aliphatic carbocycles. The van der Waals surface area contributed by atoms with Gasteiger partial charge in [0.25, 0.3) is 0 Å². The third kappa shape index (κ3) is 3.63. The Kier molecular flexibility index (Phi) is 4.35. The first kappa shape index (κ1) is 17.8. The number of alkyl halides is 1. The largest absolute Gasteiger partial charge is 0.478 e. The number of halogens is 3. The van der Waals surface area contributed by atoms with Gasteiger partial charge in [-0.25, -0.2) is 18.0 Å². The summed E-state index contributed by atoms with van der Waals surface area (Å²) >= 11 is 0. The number of benzene rings is 2. The van der Waals surface area contributed by atoms with Crippen LogP contribution in [0.1, 0.15) is 24.2 Å². The van der Waals surface area contributed by atoms with Crippen molar-refractivity contribution in [1.29, 1.82) is 0 Å². The minimum atomic E-state index is -1.55. The number of carbonyl (C=O) groups is 1. The van der Waals surface area contributed by atoms with Crippen LogP contribution >= 0.6 is 0 Å². The lowest BCUT2D eigenvalue weighted by molar-refractivity contribution is 0.0694. The SMILES string of the molecule is CC(C)(F)Cn1ncc2cc(Oc3ccc(F)cc3F)c(C(=O)O)cc21. The zero-order valence-electron chi connectivity index (χ0n) is 14.0. The summed E-state index contributed by atoms with van der Waals surface area (Å²) in [4.78, 5) is 11.6. The monoisotopic (exact) mass is 364 g/mol. The molecular formula is C18H15F3N2O3. The molecule has 0 aliphatic rings. The lowest BCUT2D eigenvalue weighted by atomic mass is 10.1. The van der Waals surface area contributed by atoms with Crippen molar-refractivity contribution in [2.45, 2.75) is 26.1 Å². The van der Waals surface area contributed by atoms with Crippen LogP contribution in [0.15, 0.2) is 36.5 Å². The van der Waals surface area contributed by atoms with Crippen molar-refractivity contribution in [3.8, 4) is 11.5 Å². The fraction of sp³-hybridized carbons (Fsp3) is 0.222. The highest BCUT2D eigenvalue weighted by atomic mass is 19.1. The van der Waals surface area contributed by atoms with Gasteiger partial charge in [0.15, 0.2) is 11.6 Å². The van der Waals surface area contributed by atoms with E-state index in [0.29, 0.717) is 17.0 Å². The van der Waals surface area contributed by atoms with Gasteiger partial charge in [0, 0.05) is 11.5 Å². The third-order valence-corrected chi connectivity index (χ3v) is 3.61. The minimum Gasteiger partial charge on any atom is -0.478 e. The zero-order valence-corrected chi connectivity index (χ0v) is 14.0. The Morgan fingerprint density at radius 2 is 1.96 bits per heavy atom. The van der Waals surface area contributed by atoms with Gasteiger partial charge in [-0.15, -0.1) is 0 Å². The highest BCUT2D eigenvalue weighted by molar-refractivity contribution is 5.96. The quantitative estimate of drug-likeness (QED) is 0.721. The average Bonchev–Trinajstić information content (AvgIpc) is 2.89. The predicted molar refractivity (Wildman–Crippen MR) is 88.3 cm³/mol. The molecule has 0 saturated carbocycles. The van der Waals surface area contributed by atoms with Crippen LogP contribution < -0.4 is 4.74 Å². The molecular weight excluding hydrogens is 349 g/mol. The average molecular weight is 364 g/mol. The fourth-order valence-electron chi connectivity index (χ4n) is 2.52. The number of aromatic carboxylic acids is 1. The lowest BCUT2D eigenvalue weighted by Gasteiger charge is -2.15. The van der Waals surface area contributed by atoms with Gasteiger partial charge in [0.2, 0.25) is 0 Å². The molecule has 3 aromatic rings. The molecule has 8 heteroatoms. The maximum absolute atomic E-state index is 13.9.